The van der Waals surface area contributed by atoms with Crippen molar-refractivity contribution in [1.29, 1.82) is 0 Å². The number of aromatic nitrogens is 3. The number of nitrogens with zero attached hydrogens (tertiary/aromatic N) is 3. The molecule has 6 heterocycles. The van der Waals surface area contributed by atoms with E-state index in [0.717, 1.165) is 44.4 Å². The molecule has 0 saturated carbocycles. The van der Waals surface area contributed by atoms with Gasteiger partial charge in [0, 0.05) is 49.3 Å². The summed E-state index contributed by atoms with van der Waals surface area (Å²) in [6.07, 6.45) is 3.59. The predicted octanol–water partition coefficient (Wildman–Crippen LogP) is 6.86. The number of benzene rings is 2. The summed E-state index contributed by atoms with van der Waals surface area (Å²) in [4.78, 5) is 4.64. The van der Waals surface area contributed by atoms with E-state index in [1.54, 1.807) is 12.3 Å². The van der Waals surface area contributed by atoms with Gasteiger partial charge in [-0.2, -0.15) is 0 Å². The van der Waals surface area contributed by atoms with Gasteiger partial charge >= 0.3 is 5.66 Å². The van der Waals surface area contributed by atoms with E-state index in [0.29, 0.717) is 22.6 Å². The maximum atomic E-state index is 9.11. The zero-order valence-electron chi connectivity index (χ0n) is 28.3. The second-order valence-corrected chi connectivity index (χ2v) is 10.4. The van der Waals surface area contributed by atoms with E-state index < -0.39 is 25.3 Å². The van der Waals surface area contributed by atoms with Crippen molar-refractivity contribution in [2.45, 2.75) is 46.0 Å². The van der Waals surface area contributed by atoms with Crippen LogP contribution >= 0.6 is 0 Å². The highest BCUT2D eigenvalue weighted by Crippen LogP contribution is 2.50. The molecule has 0 amide bonds. The van der Waals surface area contributed by atoms with Gasteiger partial charge in [-0.3, -0.25) is 0 Å². The van der Waals surface area contributed by atoms with Crippen molar-refractivity contribution in [2.24, 2.45) is 0 Å². The summed E-state index contributed by atoms with van der Waals surface area (Å²) >= 11 is 0. The quantitative estimate of drug-likeness (QED) is 0.230. The Morgan fingerprint density at radius 3 is 2.68 bits per heavy atom. The minimum Gasteiger partial charge on any atom is -0.437 e. The largest absolute Gasteiger partial charge is 0.437 e. The molecule has 38 heavy (non-hydrogen) atoms. The van der Waals surface area contributed by atoms with Crippen molar-refractivity contribution in [3.63, 3.8) is 0 Å². The second-order valence-electron chi connectivity index (χ2n) is 10.4. The lowest BCUT2D eigenvalue weighted by Crippen LogP contribution is -2.71. The van der Waals surface area contributed by atoms with Crippen molar-refractivity contribution < 1.29 is 23.1 Å². The van der Waals surface area contributed by atoms with Crippen LogP contribution in [0.15, 0.2) is 83.5 Å². The Balaban J connectivity index is 1.62. The van der Waals surface area contributed by atoms with Crippen LogP contribution < -0.4 is 9.13 Å². The fourth-order valence-electron chi connectivity index (χ4n) is 6.67. The minimum atomic E-state index is -2.80. The lowest BCUT2D eigenvalue weighted by Gasteiger charge is -2.18. The fourth-order valence-corrected chi connectivity index (χ4v) is 6.67. The summed E-state index contributed by atoms with van der Waals surface area (Å²) in [5.74, 6) is -2.22. The molecule has 2 unspecified atom stereocenters. The first kappa shape index (κ1) is 15.8. The Kier molecular flexibility index (Phi) is 2.98. The average molecular weight is 503 g/mol. The van der Waals surface area contributed by atoms with Crippen molar-refractivity contribution in [2.75, 3.05) is 0 Å². The Bertz CT molecular complexity index is 2270. The zero-order chi connectivity index (χ0) is 31.8. The predicted molar refractivity (Wildman–Crippen MR) is 149 cm³/mol. The van der Waals surface area contributed by atoms with Crippen LogP contribution in [0.1, 0.15) is 62.8 Å². The van der Waals surface area contributed by atoms with Crippen molar-refractivity contribution in [3.05, 3.63) is 113 Å². The number of furan rings is 1. The van der Waals surface area contributed by atoms with Gasteiger partial charge in [-0.25, -0.2) is 4.98 Å². The maximum Gasteiger partial charge on any atom is 0.417 e. The molecule has 0 aliphatic carbocycles. The van der Waals surface area contributed by atoms with Gasteiger partial charge in [0.15, 0.2) is 18.0 Å². The summed E-state index contributed by atoms with van der Waals surface area (Å²) < 4.78 is 70.1. The number of aryl methyl sites for hydroxylation is 3. The average Bonchev–Trinajstić information content (AvgIpc) is 3.58. The lowest BCUT2D eigenvalue weighted by molar-refractivity contribution is -0.955. The van der Waals surface area contributed by atoms with Gasteiger partial charge in [0.05, 0.1) is 5.56 Å². The van der Waals surface area contributed by atoms with Crippen LogP contribution in [0.5, 0.6) is 0 Å². The number of hydrogen-bond donors (Lipinski definition) is 0. The standard InChI is InChI=1S/C34H29N3O/c1-19(2)26-18-37-29(17-21(26)4)30-28(15-14-23-24-13-12-22(5)35-33(24)38-32(23)30)34(37)27-11-7-6-10-25(27)31-20(3)9-8-16-36(31)34/h6-19H,1-5H3/q+2/i1D3,4D3,19D. The molecule has 2 atom stereocenters. The first-order valence-electron chi connectivity index (χ1n) is 16.2. The smallest absolute Gasteiger partial charge is 0.417 e. The van der Waals surface area contributed by atoms with Gasteiger partial charge in [-0.05, 0) is 74.6 Å². The third kappa shape index (κ3) is 2.44. The van der Waals surface area contributed by atoms with E-state index in [1.165, 1.54) is 6.92 Å². The molecule has 8 rings (SSSR count). The highest BCUT2D eigenvalue weighted by atomic mass is 16.3. The SMILES string of the molecule is [2H]C([2H])([2H])c1cc2[n+](cc1C([2H])(C)C([2H])([2H])[2H])C1(c3ccccc3-c3c(C)ccc[n+]31)c1ccc3c(oc4nc(C)ccc43)c1-2. The van der Waals surface area contributed by atoms with E-state index in [4.69, 9.17) is 14.0 Å². The molecule has 4 aromatic heterocycles. The summed E-state index contributed by atoms with van der Waals surface area (Å²) in [5, 5.41) is 1.68. The van der Waals surface area contributed by atoms with E-state index in [9.17, 15) is 0 Å². The van der Waals surface area contributed by atoms with Gasteiger partial charge in [-0.1, -0.05) is 25.9 Å². The van der Waals surface area contributed by atoms with Crippen LogP contribution in [0, 0.1) is 20.7 Å². The summed E-state index contributed by atoms with van der Waals surface area (Å²) in [6, 6.07) is 21.7. The van der Waals surface area contributed by atoms with Gasteiger partial charge in [0.1, 0.15) is 16.7 Å². The molecule has 0 saturated heterocycles. The van der Waals surface area contributed by atoms with Gasteiger partial charge < -0.3 is 4.42 Å². The molecular weight excluding hydrogens is 466 g/mol. The highest BCUT2D eigenvalue weighted by Gasteiger charge is 2.67. The highest BCUT2D eigenvalue weighted by molar-refractivity contribution is 6.09. The molecule has 4 heteroatoms. The topological polar surface area (TPSA) is 33.8 Å². The number of pyridine rings is 3. The Morgan fingerprint density at radius 1 is 0.947 bits per heavy atom. The molecule has 6 aromatic rings. The second kappa shape index (κ2) is 7.16. The first-order chi connectivity index (χ1) is 21.2. The van der Waals surface area contributed by atoms with Gasteiger partial charge in [-0.15, -0.1) is 9.13 Å². The molecule has 2 aliphatic heterocycles. The zero-order valence-corrected chi connectivity index (χ0v) is 21.3. The molecule has 1 spiro atoms. The first-order valence-corrected chi connectivity index (χ1v) is 12.7. The van der Waals surface area contributed by atoms with E-state index >= 15 is 0 Å². The maximum absolute atomic E-state index is 9.11. The third-order valence-corrected chi connectivity index (χ3v) is 8.22. The fraction of sp³-hybridized carbons (Fsp3) is 0.206. The Labute approximate surface area is 231 Å². The van der Waals surface area contributed by atoms with Crippen LogP contribution in [0.25, 0.3) is 44.6 Å². The minimum absolute atomic E-state index is 0.0734. The molecule has 2 aliphatic rings. The van der Waals surface area contributed by atoms with Crippen LogP contribution in [-0.2, 0) is 5.66 Å². The summed E-state index contributed by atoms with van der Waals surface area (Å²) in [5.41, 5.74) is 6.66. The van der Waals surface area contributed by atoms with E-state index in [1.807, 2.05) is 54.1 Å². The van der Waals surface area contributed by atoms with E-state index in [2.05, 4.69) is 40.7 Å². The Morgan fingerprint density at radius 2 is 1.82 bits per heavy atom. The molecule has 4 nitrogen and oxygen atoms in total. The van der Waals surface area contributed by atoms with Crippen LogP contribution in [0.3, 0.4) is 0 Å². The number of fused-ring (bicyclic) bond motifs is 14. The lowest BCUT2D eigenvalue weighted by atomic mass is 9.89. The molecule has 0 radical (unpaired) electrons. The Hall–Kier alpha value is -4.31. The van der Waals surface area contributed by atoms with Crippen LogP contribution in [0.4, 0.5) is 0 Å². The van der Waals surface area contributed by atoms with Gasteiger partial charge in [0.25, 0.3) is 0 Å². The van der Waals surface area contributed by atoms with Crippen molar-refractivity contribution in [3.8, 4) is 22.5 Å². The van der Waals surface area contributed by atoms with Crippen LogP contribution in [-0.4, -0.2) is 4.98 Å². The number of hydrogen-bond acceptors (Lipinski definition) is 2. The third-order valence-electron chi connectivity index (χ3n) is 8.22. The molecule has 0 N–H and O–H groups in total. The number of rotatable bonds is 1. The molecule has 0 bridgehead atoms. The van der Waals surface area contributed by atoms with Crippen molar-refractivity contribution in [1.82, 2.24) is 4.98 Å². The molecular formula is C34H29N3O+2. The molecule has 2 aromatic carbocycles. The summed E-state index contributed by atoms with van der Waals surface area (Å²) in [7, 11) is 0. The van der Waals surface area contributed by atoms with Crippen molar-refractivity contribution >= 4 is 22.1 Å². The van der Waals surface area contributed by atoms with E-state index in [-0.39, 0.29) is 11.1 Å². The molecule has 184 valence electrons. The van der Waals surface area contributed by atoms with Crippen LogP contribution in [0.2, 0.25) is 0 Å². The normalized spacial score (nSPS) is 21.8. The van der Waals surface area contributed by atoms with Gasteiger partial charge in [0.2, 0.25) is 17.1 Å². The summed E-state index contributed by atoms with van der Waals surface area (Å²) in [6.45, 7) is -0.269. The molecule has 0 fully saturated rings. The monoisotopic (exact) mass is 502 g/mol.